The van der Waals surface area contributed by atoms with Gasteiger partial charge >= 0.3 is 5.97 Å². The molecule has 0 aliphatic rings. The van der Waals surface area contributed by atoms with E-state index < -0.39 is 17.7 Å². The minimum absolute atomic E-state index is 0.0834. The third kappa shape index (κ3) is 4.02. The van der Waals surface area contributed by atoms with Gasteiger partial charge in [-0.15, -0.1) is 0 Å². The van der Waals surface area contributed by atoms with Crippen molar-refractivity contribution in [1.82, 2.24) is 0 Å². The molecule has 0 aromatic heterocycles. The van der Waals surface area contributed by atoms with Crippen molar-refractivity contribution in [2.24, 2.45) is 0 Å². The SMILES string of the molecule is N#CC(=Cc1ccc(F)cc1)C(=O)Nc1ccccc1C(=O)O. The number of nitrogens with zero attached hydrogens (tertiary/aromatic N) is 1. The highest BCUT2D eigenvalue weighted by molar-refractivity contribution is 6.11. The molecular weight excluding hydrogens is 299 g/mol. The summed E-state index contributed by atoms with van der Waals surface area (Å²) in [6, 6.07) is 12.9. The number of rotatable bonds is 4. The van der Waals surface area contributed by atoms with E-state index in [4.69, 9.17) is 10.4 Å². The summed E-state index contributed by atoms with van der Waals surface area (Å²) >= 11 is 0. The van der Waals surface area contributed by atoms with E-state index in [1.54, 1.807) is 12.1 Å². The zero-order chi connectivity index (χ0) is 16.8. The highest BCUT2D eigenvalue weighted by Gasteiger charge is 2.14. The number of anilines is 1. The van der Waals surface area contributed by atoms with E-state index in [1.807, 2.05) is 0 Å². The van der Waals surface area contributed by atoms with Crippen LogP contribution in [0.15, 0.2) is 54.1 Å². The van der Waals surface area contributed by atoms with Gasteiger partial charge in [-0.2, -0.15) is 5.26 Å². The lowest BCUT2D eigenvalue weighted by Crippen LogP contribution is -2.16. The number of carboxylic acids is 1. The molecule has 0 radical (unpaired) electrons. The Kier molecular flexibility index (Phi) is 4.85. The van der Waals surface area contributed by atoms with Crippen molar-refractivity contribution < 1.29 is 19.1 Å². The fourth-order valence-electron chi connectivity index (χ4n) is 1.84. The van der Waals surface area contributed by atoms with E-state index in [0.717, 1.165) is 0 Å². The van der Waals surface area contributed by atoms with Crippen molar-refractivity contribution >= 4 is 23.6 Å². The molecule has 0 spiro atoms. The highest BCUT2D eigenvalue weighted by atomic mass is 19.1. The fraction of sp³-hybridized carbons (Fsp3) is 0. The van der Waals surface area contributed by atoms with Crippen LogP contribution in [-0.4, -0.2) is 17.0 Å². The molecule has 0 saturated heterocycles. The number of para-hydroxylation sites is 1. The van der Waals surface area contributed by atoms with E-state index in [1.165, 1.54) is 48.5 Å². The van der Waals surface area contributed by atoms with Gasteiger partial charge < -0.3 is 10.4 Å². The van der Waals surface area contributed by atoms with Gasteiger partial charge in [-0.05, 0) is 35.9 Å². The number of hydrogen-bond acceptors (Lipinski definition) is 3. The van der Waals surface area contributed by atoms with Crippen molar-refractivity contribution in [3.63, 3.8) is 0 Å². The van der Waals surface area contributed by atoms with Crippen LogP contribution in [0.4, 0.5) is 10.1 Å². The minimum Gasteiger partial charge on any atom is -0.478 e. The first kappa shape index (κ1) is 15.9. The number of benzene rings is 2. The molecule has 23 heavy (non-hydrogen) atoms. The Morgan fingerprint density at radius 1 is 1.13 bits per heavy atom. The molecule has 2 N–H and O–H groups in total. The molecule has 0 atom stereocenters. The third-order valence-electron chi connectivity index (χ3n) is 2.95. The Labute approximate surface area is 131 Å². The van der Waals surface area contributed by atoms with Gasteiger partial charge in [-0.1, -0.05) is 24.3 Å². The molecule has 6 heteroatoms. The Morgan fingerprint density at radius 2 is 1.78 bits per heavy atom. The maximum absolute atomic E-state index is 12.9. The van der Waals surface area contributed by atoms with Crippen LogP contribution < -0.4 is 5.32 Å². The van der Waals surface area contributed by atoms with E-state index in [9.17, 15) is 14.0 Å². The van der Waals surface area contributed by atoms with Crippen LogP contribution >= 0.6 is 0 Å². The molecule has 1 amide bonds. The van der Waals surface area contributed by atoms with Gasteiger partial charge in [0.15, 0.2) is 0 Å². The Balaban J connectivity index is 2.27. The zero-order valence-electron chi connectivity index (χ0n) is 11.8. The fourth-order valence-corrected chi connectivity index (χ4v) is 1.84. The average Bonchev–Trinajstić information content (AvgIpc) is 2.54. The van der Waals surface area contributed by atoms with Gasteiger partial charge in [0, 0.05) is 0 Å². The molecule has 2 rings (SSSR count). The molecule has 0 fully saturated rings. The van der Waals surface area contributed by atoms with Crippen LogP contribution in [-0.2, 0) is 4.79 Å². The van der Waals surface area contributed by atoms with Crippen molar-refractivity contribution in [2.75, 3.05) is 5.32 Å². The van der Waals surface area contributed by atoms with Gasteiger partial charge in [0.25, 0.3) is 5.91 Å². The van der Waals surface area contributed by atoms with Crippen LogP contribution in [0.3, 0.4) is 0 Å². The van der Waals surface area contributed by atoms with Crippen LogP contribution in [0.5, 0.6) is 0 Å². The van der Waals surface area contributed by atoms with Crippen LogP contribution in [0.25, 0.3) is 6.08 Å². The normalized spacial score (nSPS) is 10.7. The number of amides is 1. The molecule has 0 aliphatic carbocycles. The smallest absolute Gasteiger partial charge is 0.337 e. The lowest BCUT2D eigenvalue weighted by atomic mass is 10.1. The van der Waals surface area contributed by atoms with E-state index in [2.05, 4.69) is 5.32 Å². The Hall–Kier alpha value is -3.46. The number of nitrogens with one attached hydrogen (secondary N) is 1. The van der Waals surface area contributed by atoms with Gasteiger partial charge in [-0.25, -0.2) is 9.18 Å². The van der Waals surface area contributed by atoms with E-state index >= 15 is 0 Å². The largest absolute Gasteiger partial charge is 0.478 e. The molecule has 0 heterocycles. The minimum atomic E-state index is -1.19. The molecule has 0 bridgehead atoms. The number of nitriles is 1. The van der Waals surface area contributed by atoms with Gasteiger partial charge in [0.05, 0.1) is 11.3 Å². The Morgan fingerprint density at radius 3 is 2.39 bits per heavy atom. The molecule has 0 unspecified atom stereocenters. The first-order valence-electron chi connectivity index (χ1n) is 6.52. The predicted octanol–water partition coefficient (Wildman–Crippen LogP) is 3.07. The number of carbonyl (C=O) groups excluding carboxylic acids is 1. The first-order chi connectivity index (χ1) is 11.0. The van der Waals surface area contributed by atoms with E-state index in [0.29, 0.717) is 5.56 Å². The Bertz CT molecular complexity index is 820. The lowest BCUT2D eigenvalue weighted by molar-refractivity contribution is -0.112. The summed E-state index contributed by atoms with van der Waals surface area (Å²) in [4.78, 5) is 23.2. The molecule has 2 aromatic rings. The van der Waals surface area contributed by atoms with Crippen molar-refractivity contribution in [3.05, 3.63) is 71.0 Å². The summed E-state index contributed by atoms with van der Waals surface area (Å²) < 4.78 is 12.9. The van der Waals surface area contributed by atoms with Crippen molar-refractivity contribution in [3.8, 4) is 6.07 Å². The number of aromatic carboxylic acids is 1. The molecular formula is C17H11FN2O3. The summed E-state index contributed by atoms with van der Waals surface area (Å²) in [5.74, 6) is -2.37. The second-order valence-corrected chi connectivity index (χ2v) is 4.53. The second kappa shape index (κ2) is 7.00. The maximum Gasteiger partial charge on any atom is 0.337 e. The van der Waals surface area contributed by atoms with Crippen molar-refractivity contribution in [1.29, 1.82) is 5.26 Å². The molecule has 5 nitrogen and oxygen atoms in total. The summed E-state index contributed by atoms with van der Waals surface area (Å²) in [5, 5.41) is 20.6. The first-order valence-corrected chi connectivity index (χ1v) is 6.52. The predicted molar refractivity (Wildman–Crippen MR) is 82.0 cm³/mol. The maximum atomic E-state index is 12.9. The monoisotopic (exact) mass is 310 g/mol. The second-order valence-electron chi connectivity index (χ2n) is 4.53. The standard InChI is InChI=1S/C17H11FN2O3/c18-13-7-5-11(6-8-13)9-12(10-19)16(21)20-15-4-2-1-3-14(15)17(22)23/h1-9H,(H,20,21)(H,22,23). The molecule has 0 aliphatic heterocycles. The molecule has 2 aromatic carbocycles. The number of carbonyl (C=O) groups is 2. The van der Waals surface area contributed by atoms with Crippen LogP contribution in [0, 0.1) is 17.1 Å². The molecule has 114 valence electrons. The van der Waals surface area contributed by atoms with E-state index in [-0.39, 0.29) is 16.8 Å². The van der Waals surface area contributed by atoms with Crippen LogP contribution in [0.1, 0.15) is 15.9 Å². The van der Waals surface area contributed by atoms with Gasteiger partial charge in [0.1, 0.15) is 17.5 Å². The summed E-state index contributed by atoms with van der Waals surface area (Å²) in [6.07, 6.45) is 1.29. The average molecular weight is 310 g/mol. The number of carboxylic acid groups (broad SMARTS) is 1. The van der Waals surface area contributed by atoms with Crippen molar-refractivity contribution in [2.45, 2.75) is 0 Å². The highest BCUT2D eigenvalue weighted by Crippen LogP contribution is 2.16. The topological polar surface area (TPSA) is 90.2 Å². The van der Waals surface area contributed by atoms with Crippen LogP contribution in [0.2, 0.25) is 0 Å². The third-order valence-corrected chi connectivity index (χ3v) is 2.95. The lowest BCUT2D eigenvalue weighted by Gasteiger charge is -2.07. The molecule has 0 saturated carbocycles. The summed E-state index contributed by atoms with van der Waals surface area (Å²) in [7, 11) is 0. The zero-order valence-corrected chi connectivity index (χ0v) is 11.8. The summed E-state index contributed by atoms with van der Waals surface area (Å²) in [5.41, 5.74) is 0.256. The quantitative estimate of drug-likeness (QED) is 0.670. The number of halogens is 1. The van der Waals surface area contributed by atoms with Gasteiger partial charge in [-0.3, -0.25) is 4.79 Å². The van der Waals surface area contributed by atoms with Gasteiger partial charge in [0.2, 0.25) is 0 Å². The number of hydrogen-bond donors (Lipinski definition) is 2. The summed E-state index contributed by atoms with van der Waals surface area (Å²) in [6.45, 7) is 0.